The highest BCUT2D eigenvalue weighted by Crippen LogP contribution is 2.29. The van der Waals surface area contributed by atoms with E-state index in [1.807, 2.05) is 6.92 Å². The van der Waals surface area contributed by atoms with Gasteiger partial charge >= 0.3 is 0 Å². The number of carboxylic acid groups (broad SMARTS) is 1. The van der Waals surface area contributed by atoms with Crippen LogP contribution in [-0.2, 0) is 11.2 Å². The summed E-state index contributed by atoms with van der Waals surface area (Å²) in [6, 6.07) is 4.50. The smallest absolute Gasteiger partial charge is 0.130 e. The van der Waals surface area contributed by atoms with Crippen molar-refractivity contribution in [2.45, 2.75) is 26.7 Å². The molecule has 0 amide bonds. The van der Waals surface area contributed by atoms with E-state index >= 15 is 0 Å². The predicted octanol–water partition coefficient (Wildman–Crippen LogP) is 2.08. The number of aromatic nitrogens is 1. The van der Waals surface area contributed by atoms with Crippen LogP contribution in [0.2, 0.25) is 5.02 Å². The molecule has 4 nitrogen and oxygen atoms in total. The quantitative estimate of drug-likeness (QED) is 0.864. The number of benzene rings is 1. The Bertz CT molecular complexity index is 710. The SMILES string of the molecule is CC(=O)CCc1c(C)nc2ccc(C(=O)[O-])cc2c1Cl. The summed E-state index contributed by atoms with van der Waals surface area (Å²) in [5, 5.41) is 11.9. The summed E-state index contributed by atoms with van der Waals surface area (Å²) < 4.78 is 0. The molecular formula is C15H13ClNO3-. The number of rotatable bonds is 4. The van der Waals surface area contributed by atoms with E-state index in [0.717, 1.165) is 11.3 Å². The minimum Gasteiger partial charge on any atom is -0.545 e. The molecule has 0 aliphatic heterocycles. The van der Waals surface area contributed by atoms with Crippen molar-refractivity contribution in [2.75, 3.05) is 0 Å². The van der Waals surface area contributed by atoms with Gasteiger partial charge in [0, 0.05) is 17.5 Å². The number of Topliss-reactive ketones (excluding diaryl/α,β-unsaturated/α-hetero) is 1. The fourth-order valence-corrected chi connectivity index (χ4v) is 2.48. The highest BCUT2D eigenvalue weighted by molar-refractivity contribution is 6.36. The first-order chi connectivity index (χ1) is 9.40. The first-order valence-corrected chi connectivity index (χ1v) is 6.57. The van der Waals surface area contributed by atoms with Crippen molar-refractivity contribution in [3.8, 4) is 0 Å². The largest absolute Gasteiger partial charge is 0.545 e. The molecule has 0 fully saturated rings. The maximum Gasteiger partial charge on any atom is 0.130 e. The molecule has 5 heteroatoms. The van der Waals surface area contributed by atoms with Gasteiger partial charge in [-0.05, 0) is 43.5 Å². The molecule has 0 unspecified atom stereocenters. The van der Waals surface area contributed by atoms with Crippen LogP contribution in [0, 0.1) is 6.92 Å². The Kier molecular flexibility index (Phi) is 4.04. The number of carbonyl (C=O) groups is 2. The summed E-state index contributed by atoms with van der Waals surface area (Å²) in [4.78, 5) is 26.4. The molecule has 2 aromatic rings. The maximum atomic E-state index is 11.1. The first kappa shape index (κ1) is 14.5. The molecule has 0 saturated heterocycles. The second-order valence-corrected chi connectivity index (χ2v) is 5.09. The fraction of sp³-hybridized carbons (Fsp3) is 0.267. The summed E-state index contributed by atoms with van der Waals surface area (Å²) in [7, 11) is 0. The first-order valence-electron chi connectivity index (χ1n) is 6.19. The lowest BCUT2D eigenvalue weighted by atomic mass is 10.0. The number of aromatic carboxylic acids is 1. The summed E-state index contributed by atoms with van der Waals surface area (Å²) in [6.07, 6.45) is 0.881. The van der Waals surface area contributed by atoms with E-state index in [1.54, 1.807) is 6.07 Å². The van der Waals surface area contributed by atoms with Crippen LogP contribution in [0.5, 0.6) is 0 Å². The minimum atomic E-state index is -1.26. The third-order valence-corrected chi connectivity index (χ3v) is 3.62. The molecule has 1 aromatic carbocycles. The normalized spacial score (nSPS) is 10.8. The van der Waals surface area contributed by atoms with E-state index in [1.165, 1.54) is 19.1 Å². The van der Waals surface area contributed by atoms with Crippen LogP contribution >= 0.6 is 11.6 Å². The van der Waals surface area contributed by atoms with Crippen molar-refractivity contribution in [1.82, 2.24) is 4.98 Å². The number of halogens is 1. The monoisotopic (exact) mass is 290 g/mol. The predicted molar refractivity (Wildman–Crippen MR) is 74.8 cm³/mol. The number of nitrogens with zero attached hydrogens (tertiary/aromatic N) is 1. The Morgan fingerprint density at radius 1 is 1.35 bits per heavy atom. The van der Waals surface area contributed by atoms with Crippen LogP contribution in [0.15, 0.2) is 18.2 Å². The van der Waals surface area contributed by atoms with Crippen LogP contribution in [0.1, 0.15) is 35.0 Å². The maximum absolute atomic E-state index is 11.1. The van der Waals surface area contributed by atoms with Crippen LogP contribution in [0.3, 0.4) is 0 Å². The number of ketones is 1. The van der Waals surface area contributed by atoms with Gasteiger partial charge in [-0.1, -0.05) is 17.7 Å². The van der Waals surface area contributed by atoms with Crippen molar-refractivity contribution in [3.63, 3.8) is 0 Å². The van der Waals surface area contributed by atoms with E-state index in [4.69, 9.17) is 11.6 Å². The molecule has 0 saturated carbocycles. The average molecular weight is 291 g/mol. The Balaban J connectivity index is 2.58. The highest BCUT2D eigenvalue weighted by atomic mass is 35.5. The summed E-state index contributed by atoms with van der Waals surface area (Å²) in [6.45, 7) is 3.35. The number of hydrogen-bond acceptors (Lipinski definition) is 4. The Morgan fingerprint density at radius 2 is 2.05 bits per heavy atom. The zero-order valence-corrected chi connectivity index (χ0v) is 12.0. The van der Waals surface area contributed by atoms with Gasteiger partial charge < -0.3 is 14.7 Å². The Hall–Kier alpha value is -1.94. The molecule has 1 heterocycles. The molecule has 0 aliphatic carbocycles. The van der Waals surface area contributed by atoms with E-state index in [-0.39, 0.29) is 11.3 Å². The number of pyridine rings is 1. The van der Waals surface area contributed by atoms with Crippen LogP contribution in [-0.4, -0.2) is 16.7 Å². The molecule has 104 valence electrons. The van der Waals surface area contributed by atoms with Crippen molar-refractivity contribution in [1.29, 1.82) is 0 Å². The van der Waals surface area contributed by atoms with Gasteiger partial charge in [-0.25, -0.2) is 0 Å². The lowest BCUT2D eigenvalue weighted by molar-refractivity contribution is -0.255. The van der Waals surface area contributed by atoms with Crippen LogP contribution in [0.4, 0.5) is 0 Å². The van der Waals surface area contributed by atoms with Crippen molar-refractivity contribution in [3.05, 3.63) is 40.0 Å². The molecule has 0 aliphatic rings. The van der Waals surface area contributed by atoms with Gasteiger partial charge in [-0.15, -0.1) is 0 Å². The van der Waals surface area contributed by atoms with Gasteiger partial charge in [0.25, 0.3) is 0 Å². The molecule has 20 heavy (non-hydrogen) atoms. The van der Waals surface area contributed by atoms with E-state index in [0.29, 0.717) is 28.8 Å². The molecule has 1 aromatic heterocycles. The topological polar surface area (TPSA) is 70.1 Å². The fourth-order valence-electron chi connectivity index (χ4n) is 2.10. The zero-order valence-electron chi connectivity index (χ0n) is 11.2. The highest BCUT2D eigenvalue weighted by Gasteiger charge is 2.12. The molecular weight excluding hydrogens is 278 g/mol. The third kappa shape index (κ3) is 2.80. The van der Waals surface area contributed by atoms with Crippen molar-refractivity contribution >= 4 is 34.3 Å². The van der Waals surface area contributed by atoms with Crippen LogP contribution in [0.25, 0.3) is 10.9 Å². The second kappa shape index (κ2) is 5.59. The lowest BCUT2D eigenvalue weighted by Gasteiger charge is -2.12. The summed E-state index contributed by atoms with van der Waals surface area (Å²) >= 11 is 6.34. The van der Waals surface area contributed by atoms with Gasteiger partial charge in [-0.3, -0.25) is 4.98 Å². The van der Waals surface area contributed by atoms with E-state index in [9.17, 15) is 14.7 Å². The van der Waals surface area contributed by atoms with Crippen molar-refractivity contribution in [2.24, 2.45) is 0 Å². The number of fused-ring (bicyclic) bond motifs is 1. The molecule has 0 atom stereocenters. The van der Waals surface area contributed by atoms with Crippen molar-refractivity contribution < 1.29 is 14.7 Å². The molecule has 0 radical (unpaired) electrons. The van der Waals surface area contributed by atoms with E-state index in [2.05, 4.69) is 4.98 Å². The van der Waals surface area contributed by atoms with Gasteiger partial charge in [-0.2, -0.15) is 0 Å². The second-order valence-electron chi connectivity index (χ2n) is 4.71. The lowest BCUT2D eigenvalue weighted by Crippen LogP contribution is -2.22. The molecule has 0 spiro atoms. The number of hydrogen-bond donors (Lipinski definition) is 0. The van der Waals surface area contributed by atoms with E-state index < -0.39 is 5.97 Å². The summed E-state index contributed by atoms with van der Waals surface area (Å²) in [5.41, 5.74) is 2.22. The zero-order chi connectivity index (χ0) is 14.9. The third-order valence-electron chi connectivity index (χ3n) is 3.19. The minimum absolute atomic E-state index is 0.0579. The average Bonchev–Trinajstić information content (AvgIpc) is 2.37. The standard InChI is InChI=1S/C15H14ClNO3/c1-8(18)3-5-11-9(2)17-13-6-4-10(15(19)20)7-12(13)14(11)16/h4,6-7H,3,5H2,1-2H3,(H,19,20)/p-1. The Morgan fingerprint density at radius 3 is 2.65 bits per heavy atom. The number of carbonyl (C=O) groups excluding carboxylic acids is 2. The molecule has 0 N–H and O–H groups in total. The molecule has 0 bridgehead atoms. The van der Waals surface area contributed by atoms with Crippen LogP contribution < -0.4 is 5.11 Å². The number of aryl methyl sites for hydroxylation is 1. The Labute approximate surface area is 121 Å². The van der Waals surface area contributed by atoms with Gasteiger partial charge in [0.1, 0.15) is 5.78 Å². The van der Waals surface area contributed by atoms with Gasteiger partial charge in [0.15, 0.2) is 0 Å². The van der Waals surface area contributed by atoms with Gasteiger partial charge in [0.2, 0.25) is 0 Å². The molecule has 2 rings (SSSR count). The summed E-state index contributed by atoms with van der Waals surface area (Å²) in [5.74, 6) is -1.18. The van der Waals surface area contributed by atoms with Gasteiger partial charge in [0.05, 0.1) is 16.5 Å². The number of carboxylic acids is 1.